The number of aliphatic carboxylic acids is 1. The zero-order valence-electron chi connectivity index (χ0n) is 34.7. The molecule has 13 heteroatoms. The van der Waals surface area contributed by atoms with Crippen LogP contribution in [0.3, 0.4) is 0 Å². The Bertz CT molecular complexity index is 1500. The lowest BCUT2D eigenvalue weighted by Gasteiger charge is -2.42. The average molecular weight is 745 g/mol. The summed E-state index contributed by atoms with van der Waals surface area (Å²) in [5, 5.41) is 14.8. The zero-order chi connectivity index (χ0) is 41.4. The molecular formula is C40H64N4O9. The molecule has 3 N–H and O–H groups in total. The lowest BCUT2D eigenvalue weighted by molar-refractivity contribution is -0.160. The number of ether oxygens (including phenoxy) is 2. The average Bonchev–Trinajstić information content (AvgIpc) is 2.99. The van der Waals surface area contributed by atoms with Gasteiger partial charge in [-0.05, 0) is 65.4 Å². The van der Waals surface area contributed by atoms with Crippen LogP contribution < -0.4 is 10.6 Å². The molecule has 0 fully saturated rings. The second kappa shape index (κ2) is 18.1. The van der Waals surface area contributed by atoms with Crippen LogP contribution in [-0.4, -0.2) is 100 Å². The standard InChI is InChI=1S/C40H64N4O9/c1-24(2)28(22-25(3)32(47)41-27(23-29(45)46)35(50)52-38(7,8)9)43(15)34(49)30(37(4,5)6)42-33(48)31(44(16)36(51)53-39(10,11)12)40(13,14)26-20-18-17-19-21-26/h17-22,24,27-28,30-31H,23H2,1-16H3,(H,41,47)(H,42,48)(H,45,46)/b25-22+/t27-,28+,30+,31+/m0/s1. The Balaban J connectivity index is 3.56. The van der Waals surface area contributed by atoms with Crippen molar-refractivity contribution in [2.45, 2.75) is 144 Å². The summed E-state index contributed by atoms with van der Waals surface area (Å²) in [5.74, 6) is -4.11. The molecule has 1 aromatic rings. The van der Waals surface area contributed by atoms with E-state index in [4.69, 9.17) is 9.47 Å². The number of likely N-dealkylation sites (N-methyl/N-ethyl adjacent to an activating group) is 2. The lowest BCUT2D eigenvalue weighted by Crippen LogP contribution is -2.63. The molecule has 0 saturated heterocycles. The Morgan fingerprint density at radius 2 is 1.30 bits per heavy atom. The molecule has 0 aromatic heterocycles. The van der Waals surface area contributed by atoms with Crippen molar-refractivity contribution in [3.05, 3.63) is 47.5 Å². The van der Waals surface area contributed by atoms with Crippen molar-refractivity contribution in [3.8, 4) is 0 Å². The summed E-state index contributed by atoms with van der Waals surface area (Å²) < 4.78 is 11.0. The van der Waals surface area contributed by atoms with E-state index in [1.807, 2.05) is 78.8 Å². The lowest BCUT2D eigenvalue weighted by atomic mass is 9.76. The van der Waals surface area contributed by atoms with Gasteiger partial charge in [0, 0.05) is 25.1 Å². The van der Waals surface area contributed by atoms with E-state index in [0.29, 0.717) is 0 Å². The van der Waals surface area contributed by atoms with Gasteiger partial charge in [-0.2, -0.15) is 0 Å². The number of amides is 4. The van der Waals surface area contributed by atoms with Crippen molar-refractivity contribution in [1.82, 2.24) is 20.4 Å². The Labute approximate surface area is 316 Å². The largest absolute Gasteiger partial charge is 0.481 e. The predicted molar refractivity (Wildman–Crippen MR) is 204 cm³/mol. The summed E-state index contributed by atoms with van der Waals surface area (Å²) in [6.45, 7) is 24.5. The van der Waals surface area contributed by atoms with Crippen LogP contribution in [0.4, 0.5) is 4.79 Å². The molecule has 0 unspecified atom stereocenters. The fourth-order valence-corrected chi connectivity index (χ4v) is 5.77. The van der Waals surface area contributed by atoms with E-state index >= 15 is 0 Å². The van der Waals surface area contributed by atoms with E-state index in [0.717, 1.165) is 5.56 Å². The third-order valence-corrected chi connectivity index (χ3v) is 8.55. The highest BCUT2D eigenvalue weighted by Gasteiger charge is 2.46. The van der Waals surface area contributed by atoms with Gasteiger partial charge < -0.3 is 30.1 Å². The van der Waals surface area contributed by atoms with Gasteiger partial charge in [-0.15, -0.1) is 0 Å². The van der Waals surface area contributed by atoms with Crippen LogP contribution in [0.25, 0.3) is 0 Å². The Kier molecular flexibility index (Phi) is 15.9. The first-order chi connectivity index (χ1) is 23.9. The summed E-state index contributed by atoms with van der Waals surface area (Å²) in [7, 11) is 3.08. The minimum Gasteiger partial charge on any atom is -0.481 e. The van der Waals surface area contributed by atoms with E-state index in [1.165, 1.54) is 23.8 Å². The number of benzene rings is 1. The highest BCUT2D eigenvalue weighted by Crippen LogP contribution is 2.32. The van der Waals surface area contributed by atoms with Gasteiger partial charge in [-0.25, -0.2) is 9.59 Å². The van der Waals surface area contributed by atoms with Crippen LogP contribution in [0.5, 0.6) is 0 Å². The summed E-state index contributed by atoms with van der Waals surface area (Å²) in [5.41, 5.74) is -2.53. The van der Waals surface area contributed by atoms with Crippen LogP contribution in [0.15, 0.2) is 42.0 Å². The van der Waals surface area contributed by atoms with Crippen LogP contribution >= 0.6 is 0 Å². The Morgan fingerprint density at radius 1 is 0.792 bits per heavy atom. The molecule has 4 amide bonds. The number of rotatable bonds is 14. The third-order valence-electron chi connectivity index (χ3n) is 8.55. The summed E-state index contributed by atoms with van der Waals surface area (Å²) >= 11 is 0. The molecule has 0 spiro atoms. The molecular weight excluding hydrogens is 680 g/mol. The number of carbonyl (C=O) groups excluding carboxylic acids is 5. The van der Waals surface area contributed by atoms with Crippen LogP contribution in [0, 0.1) is 11.3 Å². The molecule has 0 aliphatic heterocycles. The van der Waals surface area contributed by atoms with Crippen LogP contribution in [0.1, 0.15) is 109 Å². The van der Waals surface area contributed by atoms with Gasteiger partial charge in [0.2, 0.25) is 17.7 Å². The van der Waals surface area contributed by atoms with Gasteiger partial charge >= 0.3 is 18.0 Å². The molecule has 298 valence electrons. The van der Waals surface area contributed by atoms with Gasteiger partial charge in [0.25, 0.3) is 0 Å². The van der Waals surface area contributed by atoms with E-state index in [9.17, 15) is 33.9 Å². The Hall–Kier alpha value is -4.42. The first-order valence-corrected chi connectivity index (χ1v) is 17.9. The van der Waals surface area contributed by atoms with Crippen molar-refractivity contribution in [2.24, 2.45) is 11.3 Å². The fourth-order valence-electron chi connectivity index (χ4n) is 5.77. The van der Waals surface area contributed by atoms with E-state index in [2.05, 4.69) is 10.6 Å². The van der Waals surface area contributed by atoms with Gasteiger partial charge in [0.1, 0.15) is 29.3 Å². The third kappa shape index (κ3) is 14.2. The molecule has 0 radical (unpaired) electrons. The molecule has 0 saturated carbocycles. The number of carboxylic acids is 1. The van der Waals surface area contributed by atoms with Gasteiger partial charge in [-0.1, -0.05) is 84.9 Å². The minimum absolute atomic E-state index is 0.141. The maximum absolute atomic E-state index is 14.5. The quantitative estimate of drug-likeness (QED) is 0.165. The number of esters is 1. The number of nitrogens with zero attached hydrogens (tertiary/aromatic N) is 2. The number of hydrogen-bond donors (Lipinski definition) is 3. The highest BCUT2D eigenvalue weighted by atomic mass is 16.6. The smallest absolute Gasteiger partial charge is 0.410 e. The van der Waals surface area contributed by atoms with E-state index in [1.54, 1.807) is 54.7 Å². The fraction of sp³-hybridized carbons (Fsp3) is 0.650. The second-order valence-electron chi connectivity index (χ2n) is 17.6. The molecule has 0 heterocycles. The van der Waals surface area contributed by atoms with Crippen molar-refractivity contribution in [2.75, 3.05) is 14.1 Å². The van der Waals surface area contributed by atoms with E-state index < -0.39 is 88.4 Å². The number of nitrogens with one attached hydrogen (secondary N) is 2. The number of carboxylic acid groups (broad SMARTS) is 1. The molecule has 4 atom stereocenters. The van der Waals surface area contributed by atoms with Gasteiger partial charge in [0.15, 0.2) is 0 Å². The molecule has 53 heavy (non-hydrogen) atoms. The van der Waals surface area contributed by atoms with Crippen molar-refractivity contribution >= 4 is 35.8 Å². The summed E-state index contributed by atoms with van der Waals surface area (Å²) in [6, 6.07) is 5.04. The molecule has 1 rings (SSSR count). The zero-order valence-corrected chi connectivity index (χ0v) is 34.7. The summed E-state index contributed by atoms with van der Waals surface area (Å²) in [4.78, 5) is 82.6. The molecule has 0 bridgehead atoms. The van der Waals surface area contributed by atoms with Crippen molar-refractivity contribution in [1.29, 1.82) is 0 Å². The maximum atomic E-state index is 14.5. The first kappa shape index (κ1) is 46.6. The normalized spacial score (nSPS) is 15.0. The van der Waals surface area contributed by atoms with Crippen LogP contribution in [0.2, 0.25) is 0 Å². The van der Waals surface area contributed by atoms with Gasteiger partial charge in [0.05, 0.1) is 12.5 Å². The molecule has 1 aromatic carbocycles. The number of hydrogen-bond acceptors (Lipinski definition) is 8. The molecule has 0 aliphatic rings. The number of carbonyl (C=O) groups is 6. The van der Waals surface area contributed by atoms with Crippen molar-refractivity contribution in [3.63, 3.8) is 0 Å². The van der Waals surface area contributed by atoms with Crippen LogP contribution in [-0.2, 0) is 38.9 Å². The predicted octanol–water partition coefficient (Wildman–Crippen LogP) is 5.46. The highest BCUT2D eigenvalue weighted by molar-refractivity contribution is 5.97. The monoisotopic (exact) mass is 744 g/mol. The summed E-state index contributed by atoms with van der Waals surface area (Å²) in [6.07, 6.45) is 0.190. The Morgan fingerprint density at radius 3 is 1.74 bits per heavy atom. The SMILES string of the molecule is C/C(=C\[C@H](C(C)C)N(C)C(=O)[C@@H](NC(=O)[C@@H](N(C)C(=O)OC(C)(C)C)C(C)(C)c1ccccc1)C(C)(C)C)C(=O)N[C@@H](CC(=O)O)C(=O)OC(C)(C)C. The molecule has 0 aliphatic carbocycles. The minimum atomic E-state index is -1.44. The topological polar surface area (TPSA) is 172 Å². The molecule has 13 nitrogen and oxygen atoms in total. The van der Waals surface area contributed by atoms with Crippen molar-refractivity contribution < 1.29 is 43.3 Å². The first-order valence-electron chi connectivity index (χ1n) is 17.9. The van der Waals surface area contributed by atoms with Gasteiger partial charge in [-0.3, -0.25) is 24.1 Å². The second-order valence-corrected chi connectivity index (χ2v) is 17.6. The maximum Gasteiger partial charge on any atom is 0.410 e. The van der Waals surface area contributed by atoms with E-state index in [-0.39, 0.29) is 11.5 Å².